The predicted molar refractivity (Wildman–Crippen MR) is 84.5 cm³/mol. The lowest BCUT2D eigenvalue weighted by molar-refractivity contribution is -0.115. The van der Waals surface area contributed by atoms with Crippen molar-refractivity contribution in [3.63, 3.8) is 0 Å². The first kappa shape index (κ1) is 15.1. The molecule has 0 saturated heterocycles. The van der Waals surface area contributed by atoms with Gasteiger partial charge < -0.3 is 11.1 Å². The maximum Gasteiger partial charge on any atom is 0.225 e. The minimum Gasteiger partial charge on any atom is -0.399 e. The quantitative estimate of drug-likeness (QED) is 0.650. The number of aryl methyl sites for hydroxylation is 1. The number of carbonyl (C=O) groups is 1. The molecular weight excluding hydrogens is 316 g/mol. The SMILES string of the molecule is Cc1nsc(SCCC(=O)Nc2ccc(N)cc2Cl)n1. The van der Waals surface area contributed by atoms with Crippen molar-refractivity contribution in [2.24, 2.45) is 0 Å². The third-order valence-electron chi connectivity index (χ3n) is 2.33. The summed E-state index contributed by atoms with van der Waals surface area (Å²) in [6.45, 7) is 1.84. The molecule has 1 aromatic heterocycles. The third kappa shape index (κ3) is 4.36. The largest absolute Gasteiger partial charge is 0.399 e. The summed E-state index contributed by atoms with van der Waals surface area (Å²) in [6.07, 6.45) is 0.379. The van der Waals surface area contributed by atoms with Gasteiger partial charge in [-0.2, -0.15) is 4.37 Å². The van der Waals surface area contributed by atoms with Gasteiger partial charge in [-0.3, -0.25) is 4.79 Å². The second kappa shape index (κ2) is 6.92. The van der Waals surface area contributed by atoms with Crippen LogP contribution in [0, 0.1) is 6.92 Å². The number of nitrogens with two attached hydrogens (primary N) is 1. The number of halogens is 1. The first-order valence-electron chi connectivity index (χ1n) is 5.82. The normalized spacial score (nSPS) is 10.5. The molecule has 0 fully saturated rings. The summed E-state index contributed by atoms with van der Waals surface area (Å²) in [6, 6.07) is 4.99. The molecule has 0 saturated carbocycles. The molecule has 1 heterocycles. The molecule has 0 atom stereocenters. The lowest BCUT2D eigenvalue weighted by Crippen LogP contribution is -2.12. The number of hydrogen-bond acceptors (Lipinski definition) is 6. The summed E-state index contributed by atoms with van der Waals surface area (Å²) in [5.41, 5.74) is 6.73. The molecule has 0 spiro atoms. The number of nitrogens with one attached hydrogen (secondary N) is 1. The number of benzene rings is 1. The fourth-order valence-corrected chi connectivity index (χ4v) is 3.30. The molecule has 0 aliphatic carbocycles. The average Bonchev–Trinajstić information content (AvgIpc) is 2.79. The molecule has 1 amide bonds. The Kier molecular flexibility index (Phi) is 5.22. The molecule has 1 aromatic carbocycles. The van der Waals surface area contributed by atoms with Crippen molar-refractivity contribution in [3.05, 3.63) is 29.0 Å². The smallest absolute Gasteiger partial charge is 0.225 e. The molecule has 20 heavy (non-hydrogen) atoms. The van der Waals surface area contributed by atoms with E-state index in [9.17, 15) is 4.79 Å². The van der Waals surface area contributed by atoms with Gasteiger partial charge in [-0.25, -0.2) is 4.98 Å². The molecule has 0 unspecified atom stereocenters. The highest BCUT2D eigenvalue weighted by atomic mass is 35.5. The van der Waals surface area contributed by atoms with Crippen LogP contribution in [0.3, 0.4) is 0 Å². The molecule has 2 aromatic rings. The van der Waals surface area contributed by atoms with Crippen LogP contribution in [0.15, 0.2) is 22.5 Å². The van der Waals surface area contributed by atoms with Crippen LogP contribution in [0.25, 0.3) is 0 Å². The lowest BCUT2D eigenvalue weighted by atomic mass is 10.3. The van der Waals surface area contributed by atoms with Crippen LogP contribution < -0.4 is 11.1 Å². The standard InChI is InChI=1S/C12H13ClN4OS2/c1-7-15-12(20-17-7)19-5-4-11(18)16-10-3-2-8(14)6-9(10)13/h2-3,6H,4-5,14H2,1H3,(H,16,18). The topological polar surface area (TPSA) is 80.9 Å². The van der Waals surface area contributed by atoms with Gasteiger partial charge in [0.25, 0.3) is 0 Å². The molecule has 8 heteroatoms. The molecule has 5 nitrogen and oxygen atoms in total. The van der Waals surface area contributed by atoms with Crippen molar-refractivity contribution >= 4 is 52.2 Å². The molecule has 3 N–H and O–H groups in total. The van der Waals surface area contributed by atoms with Gasteiger partial charge in [0.15, 0.2) is 4.34 Å². The lowest BCUT2D eigenvalue weighted by Gasteiger charge is -2.07. The number of thioether (sulfide) groups is 1. The van der Waals surface area contributed by atoms with E-state index >= 15 is 0 Å². The van der Waals surface area contributed by atoms with Gasteiger partial charge in [0.05, 0.1) is 10.7 Å². The van der Waals surface area contributed by atoms with Crippen LogP contribution in [-0.2, 0) is 4.79 Å². The number of aromatic nitrogens is 2. The van der Waals surface area contributed by atoms with Crippen molar-refractivity contribution in [2.45, 2.75) is 17.7 Å². The van der Waals surface area contributed by atoms with Gasteiger partial charge >= 0.3 is 0 Å². The first-order chi connectivity index (χ1) is 9.54. The Bertz CT molecular complexity index is 617. The van der Waals surface area contributed by atoms with Crippen molar-refractivity contribution < 1.29 is 4.79 Å². The molecule has 0 bridgehead atoms. The van der Waals surface area contributed by atoms with Gasteiger partial charge in [0.2, 0.25) is 5.91 Å². The number of carbonyl (C=O) groups excluding carboxylic acids is 1. The van der Waals surface area contributed by atoms with Gasteiger partial charge in [-0.15, -0.1) is 0 Å². The Morgan fingerprint density at radius 2 is 2.35 bits per heavy atom. The minimum atomic E-state index is -0.0922. The van der Waals surface area contributed by atoms with E-state index < -0.39 is 0 Å². The highest BCUT2D eigenvalue weighted by Gasteiger charge is 2.07. The highest BCUT2D eigenvalue weighted by molar-refractivity contribution is 8.00. The van der Waals surface area contributed by atoms with E-state index in [1.807, 2.05) is 6.92 Å². The van der Waals surface area contributed by atoms with Crippen LogP contribution in [0.5, 0.6) is 0 Å². The van der Waals surface area contributed by atoms with Gasteiger partial charge in [-0.1, -0.05) is 23.4 Å². The van der Waals surface area contributed by atoms with Crippen LogP contribution in [0.1, 0.15) is 12.2 Å². The number of hydrogen-bond donors (Lipinski definition) is 2. The molecule has 0 radical (unpaired) electrons. The van der Waals surface area contributed by atoms with Crippen molar-refractivity contribution in [1.82, 2.24) is 9.36 Å². The molecule has 2 rings (SSSR count). The zero-order chi connectivity index (χ0) is 14.5. The van der Waals surface area contributed by atoms with Crippen molar-refractivity contribution in [1.29, 1.82) is 0 Å². The average molecular weight is 329 g/mol. The Morgan fingerprint density at radius 1 is 1.55 bits per heavy atom. The van der Waals surface area contributed by atoms with E-state index in [0.717, 1.165) is 10.2 Å². The second-order valence-corrected chi connectivity index (χ2v) is 6.49. The Labute approximate surface area is 130 Å². The number of nitrogen functional groups attached to an aromatic ring is 1. The summed E-state index contributed by atoms with van der Waals surface area (Å²) in [4.78, 5) is 16.0. The highest BCUT2D eigenvalue weighted by Crippen LogP contribution is 2.25. The van der Waals surface area contributed by atoms with E-state index in [4.69, 9.17) is 17.3 Å². The summed E-state index contributed by atoms with van der Waals surface area (Å²) < 4.78 is 4.96. The number of anilines is 2. The summed E-state index contributed by atoms with van der Waals surface area (Å²) in [5, 5.41) is 3.19. The van der Waals surface area contributed by atoms with Gasteiger partial charge in [0.1, 0.15) is 5.82 Å². The van der Waals surface area contributed by atoms with Gasteiger partial charge in [-0.05, 0) is 36.7 Å². The van der Waals surface area contributed by atoms with E-state index in [-0.39, 0.29) is 5.91 Å². The summed E-state index contributed by atoms with van der Waals surface area (Å²) in [7, 11) is 0. The molecular formula is C12H13ClN4OS2. The zero-order valence-electron chi connectivity index (χ0n) is 10.7. The Balaban J connectivity index is 1.80. The maximum atomic E-state index is 11.8. The van der Waals surface area contributed by atoms with Crippen LogP contribution >= 0.6 is 34.9 Å². The van der Waals surface area contributed by atoms with E-state index in [1.54, 1.807) is 18.2 Å². The van der Waals surface area contributed by atoms with Crippen molar-refractivity contribution in [2.75, 3.05) is 16.8 Å². The zero-order valence-corrected chi connectivity index (χ0v) is 13.1. The fourth-order valence-electron chi connectivity index (χ4n) is 1.41. The summed E-state index contributed by atoms with van der Waals surface area (Å²) >= 11 is 8.85. The fraction of sp³-hybridized carbons (Fsp3) is 0.250. The first-order valence-corrected chi connectivity index (χ1v) is 7.96. The maximum absolute atomic E-state index is 11.8. The predicted octanol–water partition coefficient (Wildman–Crippen LogP) is 3.20. The molecule has 0 aliphatic heterocycles. The van der Waals surface area contributed by atoms with Crippen LogP contribution in [-0.4, -0.2) is 21.0 Å². The van der Waals surface area contributed by atoms with Gasteiger partial charge in [0, 0.05) is 17.9 Å². The van der Waals surface area contributed by atoms with E-state index in [1.165, 1.54) is 23.3 Å². The number of amides is 1. The minimum absolute atomic E-state index is 0.0922. The van der Waals surface area contributed by atoms with Crippen molar-refractivity contribution in [3.8, 4) is 0 Å². The number of nitrogens with zero attached hydrogens (tertiary/aromatic N) is 2. The Morgan fingerprint density at radius 3 is 3.00 bits per heavy atom. The second-order valence-electron chi connectivity index (χ2n) is 3.99. The van der Waals surface area contributed by atoms with E-state index in [0.29, 0.717) is 28.6 Å². The monoisotopic (exact) mass is 328 g/mol. The third-order valence-corrected chi connectivity index (χ3v) is 4.57. The molecule has 0 aliphatic rings. The summed E-state index contributed by atoms with van der Waals surface area (Å²) in [5.74, 6) is 1.31. The molecule has 106 valence electrons. The number of rotatable bonds is 5. The van der Waals surface area contributed by atoms with Crippen LogP contribution in [0.4, 0.5) is 11.4 Å². The van der Waals surface area contributed by atoms with Crippen LogP contribution in [0.2, 0.25) is 5.02 Å². The Hall–Kier alpha value is -1.31. The van der Waals surface area contributed by atoms with E-state index in [2.05, 4.69) is 14.7 Å².